The fraction of sp³-hybridized carbons (Fsp3) is 0.588. The van der Waals surface area contributed by atoms with Gasteiger partial charge in [-0.25, -0.2) is 0 Å². The number of hydrogen-bond acceptors (Lipinski definition) is 2. The minimum absolute atomic E-state index is 0.128. The third-order valence-electron chi connectivity index (χ3n) is 5.53. The third-order valence-corrected chi connectivity index (χ3v) is 5.53. The number of nitrogens with zero attached hydrogens (tertiary/aromatic N) is 1. The summed E-state index contributed by atoms with van der Waals surface area (Å²) in [5.41, 5.74) is 2.68. The first-order chi connectivity index (χ1) is 9.72. The van der Waals surface area contributed by atoms with Crippen molar-refractivity contribution in [2.24, 2.45) is 17.8 Å². The van der Waals surface area contributed by atoms with Gasteiger partial charge in [0.1, 0.15) is 0 Å². The quantitative estimate of drug-likeness (QED) is 0.843. The Balaban J connectivity index is 1.45. The van der Waals surface area contributed by atoms with Gasteiger partial charge in [-0.3, -0.25) is 4.79 Å². The molecule has 3 nitrogen and oxygen atoms in total. The molecule has 2 fully saturated rings. The van der Waals surface area contributed by atoms with E-state index < -0.39 is 0 Å². The maximum atomic E-state index is 12.7. The lowest BCUT2D eigenvalue weighted by atomic mass is 10.00. The normalized spacial score (nSPS) is 32.5. The first kappa shape index (κ1) is 12.4. The summed E-state index contributed by atoms with van der Waals surface area (Å²) in [5.74, 6) is 1.31. The first-order valence-corrected chi connectivity index (χ1v) is 7.76. The van der Waals surface area contributed by atoms with Gasteiger partial charge < -0.3 is 10.0 Å². The van der Waals surface area contributed by atoms with Crippen LogP contribution in [0.3, 0.4) is 0 Å². The van der Waals surface area contributed by atoms with Gasteiger partial charge in [0.05, 0.1) is 6.10 Å². The molecule has 106 valence electrons. The summed E-state index contributed by atoms with van der Waals surface area (Å²) in [4.78, 5) is 14.7. The fourth-order valence-electron chi connectivity index (χ4n) is 4.41. The van der Waals surface area contributed by atoms with Crippen LogP contribution in [0.5, 0.6) is 0 Å². The minimum atomic E-state index is -0.182. The van der Waals surface area contributed by atoms with Gasteiger partial charge in [-0.1, -0.05) is 24.3 Å². The number of aliphatic hydroxyl groups is 1. The van der Waals surface area contributed by atoms with Crippen LogP contribution in [-0.4, -0.2) is 35.1 Å². The number of benzene rings is 1. The lowest BCUT2D eigenvalue weighted by Crippen LogP contribution is -2.36. The highest BCUT2D eigenvalue weighted by Gasteiger charge is 2.44. The molecule has 1 saturated heterocycles. The van der Waals surface area contributed by atoms with Crippen LogP contribution < -0.4 is 0 Å². The van der Waals surface area contributed by atoms with Gasteiger partial charge in [-0.15, -0.1) is 0 Å². The molecule has 1 aromatic rings. The summed E-state index contributed by atoms with van der Waals surface area (Å²) < 4.78 is 0. The molecule has 0 spiro atoms. The molecule has 1 aromatic carbocycles. The molecule has 1 N–H and O–H groups in total. The highest BCUT2D eigenvalue weighted by Crippen LogP contribution is 2.39. The summed E-state index contributed by atoms with van der Waals surface area (Å²) in [6, 6.07) is 8.40. The summed E-state index contributed by atoms with van der Waals surface area (Å²) >= 11 is 0. The second-order valence-electron chi connectivity index (χ2n) is 6.69. The van der Waals surface area contributed by atoms with Crippen LogP contribution in [0.25, 0.3) is 0 Å². The average Bonchev–Trinajstić information content (AvgIpc) is 3.13. The van der Waals surface area contributed by atoms with E-state index in [4.69, 9.17) is 0 Å². The molecule has 20 heavy (non-hydrogen) atoms. The maximum Gasteiger partial charge on any atom is 0.226 e. The second kappa shape index (κ2) is 4.59. The molecule has 1 aliphatic heterocycles. The summed E-state index contributed by atoms with van der Waals surface area (Å²) in [6.07, 6.45) is 3.61. The van der Waals surface area contributed by atoms with Crippen LogP contribution in [0, 0.1) is 17.8 Å². The lowest BCUT2D eigenvalue weighted by molar-refractivity contribution is -0.134. The van der Waals surface area contributed by atoms with E-state index in [9.17, 15) is 9.90 Å². The lowest BCUT2D eigenvalue weighted by Gasteiger charge is -2.22. The molecule has 3 heteroatoms. The van der Waals surface area contributed by atoms with Gasteiger partial charge in [0.15, 0.2) is 0 Å². The SMILES string of the molecule is O=C(C1Cc2ccccc2C1)N1CC2CCC(O)C2C1. The van der Waals surface area contributed by atoms with Crippen molar-refractivity contribution in [3.8, 4) is 0 Å². The van der Waals surface area contributed by atoms with Crippen LogP contribution in [0.4, 0.5) is 0 Å². The van der Waals surface area contributed by atoms with Gasteiger partial charge in [-0.05, 0) is 42.7 Å². The molecule has 0 bridgehead atoms. The number of amides is 1. The molecule has 1 saturated carbocycles. The van der Waals surface area contributed by atoms with E-state index in [2.05, 4.69) is 24.3 Å². The van der Waals surface area contributed by atoms with Crippen molar-refractivity contribution >= 4 is 5.91 Å². The van der Waals surface area contributed by atoms with Crippen molar-refractivity contribution in [3.05, 3.63) is 35.4 Å². The van der Waals surface area contributed by atoms with E-state index in [1.807, 2.05) is 4.90 Å². The van der Waals surface area contributed by atoms with E-state index in [1.165, 1.54) is 11.1 Å². The van der Waals surface area contributed by atoms with E-state index >= 15 is 0 Å². The van der Waals surface area contributed by atoms with Gasteiger partial charge in [0.25, 0.3) is 0 Å². The van der Waals surface area contributed by atoms with E-state index in [-0.39, 0.29) is 12.0 Å². The van der Waals surface area contributed by atoms with Crippen molar-refractivity contribution < 1.29 is 9.90 Å². The highest BCUT2D eigenvalue weighted by molar-refractivity contribution is 5.80. The molecule has 3 aliphatic rings. The molecular formula is C17H21NO2. The van der Waals surface area contributed by atoms with E-state index in [0.29, 0.717) is 17.7 Å². The Morgan fingerprint density at radius 2 is 1.80 bits per heavy atom. The molecule has 1 heterocycles. The van der Waals surface area contributed by atoms with Crippen LogP contribution in [0.15, 0.2) is 24.3 Å². The van der Waals surface area contributed by atoms with Crippen molar-refractivity contribution in [3.63, 3.8) is 0 Å². The number of aliphatic hydroxyl groups excluding tert-OH is 1. The number of fused-ring (bicyclic) bond motifs is 2. The monoisotopic (exact) mass is 271 g/mol. The smallest absolute Gasteiger partial charge is 0.226 e. The van der Waals surface area contributed by atoms with Crippen molar-refractivity contribution in [2.75, 3.05) is 13.1 Å². The fourth-order valence-corrected chi connectivity index (χ4v) is 4.41. The Morgan fingerprint density at radius 1 is 1.10 bits per heavy atom. The molecule has 2 aliphatic carbocycles. The maximum absolute atomic E-state index is 12.7. The summed E-state index contributed by atoms with van der Waals surface area (Å²) in [5, 5.41) is 9.97. The van der Waals surface area contributed by atoms with Crippen molar-refractivity contribution in [2.45, 2.75) is 31.8 Å². The summed E-state index contributed by atoms with van der Waals surface area (Å²) in [6.45, 7) is 1.64. The molecule has 1 amide bonds. The molecule has 0 radical (unpaired) electrons. The third kappa shape index (κ3) is 1.87. The highest BCUT2D eigenvalue weighted by atomic mass is 16.3. The Kier molecular flexibility index (Phi) is 2.84. The van der Waals surface area contributed by atoms with Crippen molar-refractivity contribution in [1.29, 1.82) is 0 Å². The van der Waals surface area contributed by atoms with Gasteiger partial charge in [0, 0.05) is 24.9 Å². The molecule has 0 aromatic heterocycles. The number of likely N-dealkylation sites (tertiary alicyclic amines) is 1. The van der Waals surface area contributed by atoms with Crippen LogP contribution in [0.2, 0.25) is 0 Å². The predicted octanol–water partition coefficient (Wildman–Crippen LogP) is 1.63. The number of carbonyl (C=O) groups excluding carboxylic acids is 1. The molecule has 4 rings (SSSR count). The Morgan fingerprint density at radius 3 is 2.45 bits per heavy atom. The van der Waals surface area contributed by atoms with E-state index in [1.54, 1.807) is 0 Å². The van der Waals surface area contributed by atoms with Gasteiger partial charge in [0.2, 0.25) is 5.91 Å². The second-order valence-corrected chi connectivity index (χ2v) is 6.69. The summed E-state index contributed by atoms with van der Waals surface area (Å²) in [7, 11) is 0. The van der Waals surface area contributed by atoms with Crippen LogP contribution >= 0.6 is 0 Å². The average molecular weight is 271 g/mol. The van der Waals surface area contributed by atoms with Crippen molar-refractivity contribution in [1.82, 2.24) is 4.90 Å². The zero-order chi connectivity index (χ0) is 13.7. The van der Waals surface area contributed by atoms with Crippen LogP contribution in [-0.2, 0) is 17.6 Å². The predicted molar refractivity (Wildman–Crippen MR) is 76.1 cm³/mol. The standard InChI is InChI=1S/C17H21NO2/c19-16-6-5-13-9-18(10-15(13)16)17(20)14-7-11-3-1-2-4-12(11)8-14/h1-4,13-16,19H,5-10H2. The molecule has 3 atom stereocenters. The topological polar surface area (TPSA) is 40.5 Å². The van der Waals surface area contributed by atoms with Gasteiger partial charge in [-0.2, -0.15) is 0 Å². The number of rotatable bonds is 1. The minimum Gasteiger partial charge on any atom is -0.393 e. The number of carbonyl (C=O) groups is 1. The first-order valence-electron chi connectivity index (χ1n) is 7.76. The Hall–Kier alpha value is -1.35. The Bertz CT molecular complexity index is 517. The van der Waals surface area contributed by atoms with Gasteiger partial charge >= 0.3 is 0 Å². The number of hydrogen-bond donors (Lipinski definition) is 1. The van der Waals surface area contributed by atoms with E-state index in [0.717, 1.165) is 38.8 Å². The van der Waals surface area contributed by atoms with Crippen LogP contribution in [0.1, 0.15) is 24.0 Å². The Labute approximate surface area is 119 Å². The molecule has 3 unspecified atom stereocenters. The largest absolute Gasteiger partial charge is 0.393 e. The zero-order valence-corrected chi connectivity index (χ0v) is 11.7. The molecular weight excluding hydrogens is 250 g/mol. The zero-order valence-electron chi connectivity index (χ0n) is 11.7.